The summed E-state index contributed by atoms with van der Waals surface area (Å²) < 4.78 is 28.9. The largest absolute Gasteiger partial charge is 0.321 e. The van der Waals surface area contributed by atoms with E-state index in [1.165, 1.54) is 6.07 Å². The van der Waals surface area contributed by atoms with Gasteiger partial charge in [-0.2, -0.15) is 5.10 Å². The molecule has 2 N–H and O–H groups in total. The number of aryl methyl sites for hydroxylation is 1. The van der Waals surface area contributed by atoms with Gasteiger partial charge >= 0.3 is 0 Å². The summed E-state index contributed by atoms with van der Waals surface area (Å²) in [6.45, 7) is 2.95. The van der Waals surface area contributed by atoms with Gasteiger partial charge in [0, 0.05) is 29.6 Å². The van der Waals surface area contributed by atoms with Crippen LogP contribution in [0.15, 0.2) is 30.3 Å². The fraction of sp³-hybridized carbons (Fsp3) is 0.333. The van der Waals surface area contributed by atoms with Gasteiger partial charge in [-0.3, -0.25) is 10.00 Å². The van der Waals surface area contributed by atoms with E-state index in [0.717, 1.165) is 18.5 Å². The molecule has 1 aromatic carbocycles. The van der Waals surface area contributed by atoms with E-state index in [9.17, 15) is 8.78 Å². The molecule has 0 spiro atoms. The van der Waals surface area contributed by atoms with Crippen LogP contribution < -0.4 is 5.32 Å². The lowest BCUT2D eigenvalue weighted by Crippen LogP contribution is -2.41. The minimum Gasteiger partial charge on any atom is -0.321 e. The zero-order valence-electron chi connectivity index (χ0n) is 18.0. The smallest absolute Gasteiger partial charge is 0.184 e. The van der Waals surface area contributed by atoms with Gasteiger partial charge in [0.15, 0.2) is 17.5 Å². The van der Waals surface area contributed by atoms with Gasteiger partial charge in [-0.05, 0) is 50.8 Å². The molecule has 3 heterocycles. The average molecular weight is 490 g/mol. The number of pyridine rings is 1. The summed E-state index contributed by atoms with van der Waals surface area (Å²) in [7, 11) is 0. The number of nitrogens with one attached hydrogen (secondary N) is 2. The molecule has 4 rings (SSSR count). The van der Waals surface area contributed by atoms with Crippen molar-refractivity contribution in [3.8, 4) is 12.3 Å². The van der Waals surface area contributed by atoms with E-state index in [1.54, 1.807) is 24.3 Å². The fourth-order valence-electron chi connectivity index (χ4n) is 4.16. The number of benzene rings is 1. The Bertz CT molecular complexity index is 1190. The maximum atomic E-state index is 14.5. The van der Waals surface area contributed by atoms with Gasteiger partial charge in [-0.15, -0.1) is 6.42 Å². The van der Waals surface area contributed by atoms with Gasteiger partial charge in [0.1, 0.15) is 5.82 Å². The lowest BCUT2D eigenvalue weighted by atomic mass is 9.87. The Kier molecular flexibility index (Phi) is 7.18. The second kappa shape index (κ2) is 10.1. The molecule has 1 aliphatic heterocycles. The maximum Gasteiger partial charge on any atom is 0.184 e. The summed E-state index contributed by atoms with van der Waals surface area (Å²) in [5.74, 6) is 2.53. The summed E-state index contributed by atoms with van der Waals surface area (Å²) in [6, 6.07) is 8.14. The Labute approximate surface area is 201 Å². The minimum absolute atomic E-state index is 0.00266. The number of halogens is 4. The van der Waals surface area contributed by atoms with E-state index in [-0.39, 0.29) is 27.8 Å². The molecule has 0 radical (unpaired) electrons. The van der Waals surface area contributed by atoms with Crippen molar-refractivity contribution >= 4 is 34.8 Å². The molecule has 2 aromatic heterocycles. The first kappa shape index (κ1) is 23.5. The van der Waals surface area contributed by atoms with Crippen LogP contribution in [0, 0.1) is 36.8 Å². The Morgan fingerprint density at radius 3 is 2.79 bits per heavy atom. The lowest BCUT2D eigenvalue weighted by molar-refractivity contribution is 0.136. The van der Waals surface area contributed by atoms with Gasteiger partial charge in [-0.1, -0.05) is 41.3 Å². The first-order valence-electron chi connectivity index (χ1n) is 10.6. The predicted octanol–water partition coefficient (Wildman–Crippen LogP) is 5.90. The molecular weight excluding hydrogens is 467 g/mol. The third-order valence-electron chi connectivity index (χ3n) is 5.84. The van der Waals surface area contributed by atoms with Crippen molar-refractivity contribution in [2.24, 2.45) is 5.92 Å². The molecule has 2 atom stereocenters. The van der Waals surface area contributed by atoms with Gasteiger partial charge in [0.25, 0.3) is 0 Å². The van der Waals surface area contributed by atoms with Crippen LogP contribution in [-0.2, 0) is 13.0 Å². The highest BCUT2D eigenvalue weighted by Gasteiger charge is 2.29. The predicted molar refractivity (Wildman–Crippen MR) is 127 cm³/mol. The van der Waals surface area contributed by atoms with Crippen LogP contribution in [0.3, 0.4) is 0 Å². The highest BCUT2D eigenvalue weighted by molar-refractivity contribution is 6.31. The van der Waals surface area contributed by atoms with Gasteiger partial charge in [-0.25, -0.2) is 13.8 Å². The first-order chi connectivity index (χ1) is 15.8. The topological polar surface area (TPSA) is 56.8 Å². The van der Waals surface area contributed by atoms with E-state index >= 15 is 0 Å². The van der Waals surface area contributed by atoms with Crippen LogP contribution in [0.5, 0.6) is 0 Å². The second-order valence-corrected chi connectivity index (χ2v) is 9.09. The Morgan fingerprint density at radius 2 is 2.06 bits per heavy atom. The molecule has 33 heavy (non-hydrogen) atoms. The average Bonchev–Trinajstić information content (AvgIpc) is 3.20. The van der Waals surface area contributed by atoms with E-state index < -0.39 is 11.6 Å². The third-order valence-corrected chi connectivity index (χ3v) is 6.40. The second-order valence-electron chi connectivity index (χ2n) is 8.28. The molecule has 3 aromatic rings. The van der Waals surface area contributed by atoms with Crippen molar-refractivity contribution in [2.75, 3.05) is 11.9 Å². The van der Waals surface area contributed by atoms with Crippen molar-refractivity contribution in [3.05, 3.63) is 69.0 Å². The molecule has 0 unspecified atom stereocenters. The summed E-state index contributed by atoms with van der Waals surface area (Å²) in [5, 5.41) is 9.82. The Morgan fingerprint density at radius 1 is 1.24 bits per heavy atom. The molecular formula is C24H23Cl2F2N5. The molecule has 0 bridgehead atoms. The van der Waals surface area contributed by atoms with E-state index in [1.807, 2.05) is 6.92 Å². The lowest BCUT2D eigenvalue weighted by Gasteiger charge is -2.37. The molecule has 172 valence electrons. The molecule has 1 fully saturated rings. The number of aromatic amines is 1. The highest BCUT2D eigenvalue weighted by Crippen LogP contribution is 2.31. The number of nitrogens with zero attached hydrogens (tertiary/aromatic N) is 3. The molecule has 1 aliphatic rings. The summed E-state index contributed by atoms with van der Waals surface area (Å²) in [5.41, 5.74) is 2.04. The van der Waals surface area contributed by atoms with Crippen LogP contribution in [0.1, 0.15) is 29.8 Å². The van der Waals surface area contributed by atoms with E-state index in [0.29, 0.717) is 36.6 Å². The molecule has 5 nitrogen and oxygen atoms in total. The first-order valence-corrected chi connectivity index (χ1v) is 11.4. The molecule has 0 saturated carbocycles. The molecule has 0 amide bonds. The summed E-state index contributed by atoms with van der Waals surface area (Å²) >= 11 is 12.1. The molecule has 1 saturated heterocycles. The van der Waals surface area contributed by atoms with Crippen LogP contribution in [0.2, 0.25) is 10.0 Å². The SMILES string of the molecule is C#C[C@@H]1C[C@@H](Cc2cc(Cl)c(F)c(Nc3cc(C)[nH]n3)n2)CCN1Cc1cccc(Cl)c1F. The van der Waals surface area contributed by atoms with Crippen LogP contribution in [-0.4, -0.2) is 32.7 Å². The number of hydrogen-bond donors (Lipinski definition) is 2. The number of H-pyrrole nitrogens is 1. The number of rotatable bonds is 6. The Hall–Kier alpha value is -2.66. The number of aromatic nitrogens is 3. The third kappa shape index (κ3) is 5.47. The summed E-state index contributed by atoms with van der Waals surface area (Å²) in [4.78, 5) is 6.52. The monoisotopic (exact) mass is 489 g/mol. The quantitative estimate of drug-likeness (QED) is 0.423. The number of anilines is 2. The van der Waals surface area contributed by atoms with Crippen molar-refractivity contribution in [3.63, 3.8) is 0 Å². The van der Waals surface area contributed by atoms with Crippen molar-refractivity contribution in [1.82, 2.24) is 20.1 Å². The maximum absolute atomic E-state index is 14.5. The van der Waals surface area contributed by atoms with Crippen molar-refractivity contribution < 1.29 is 8.78 Å². The van der Waals surface area contributed by atoms with Crippen LogP contribution >= 0.6 is 23.2 Å². The standard InChI is InChI=1S/C24H23Cl2F2N5/c1-3-18-11-15(7-8-33(18)13-16-5-4-6-19(25)22(16)27)10-17-12-20(26)23(28)24(29-17)30-21-9-14(2)31-32-21/h1,4-6,9,12,15,18H,7-8,10-11,13H2,2H3,(H2,29,30,31,32)/t15-,18-/m1/s1. The van der Waals surface area contributed by atoms with E-state index in [2.05, 4.69) is 31.3 Å². The molecule has 9 heteroatoms. The van der Waals surface area contributed by atoms with E-state index in [4.69, 9.17) is 29.6 Å². The number of hydrogen-bond acceptors (Lipinski definition) is 4. The highest BCUT2D eigenvalue weighted by atomic mass is 35.5. The van der Waals surface area contributed by atoms with Crippen molar-refractivity contribution in [2.45, 2.75) is 38.8 Å². The summed E-state index contributed by atoms with van der Waals surface area (Å²) in [6.07, 6.45) is 7.98. The van der Waals surface area contributed by atoms with Gasteiger partial charge in [0.05, 0.1) is 16.1 Å². The Balaban J connectivity index is 1.45. The van der Waals surface area contributed by atoms with Crippen LogP contribution in [0.4, 0.5) is 20.4 Å². The zero-order chi connectivity index (χ0) is 23.5. The number of likely N-dealkylation sites (tertiary alicyclic amines) is 1. The van der Waals surface area contributed by atoms with Crippen LogP contribution in [0.25, 0.3) is 0 Å². The number of terminal acetylenes is 1. The van der Waals surface area contributed by atoms with Gasteiger partial charge in [0.2, 0.25) is 0 Å². The minimum atomic E-state index is -0.624. The number of piperidine rings is 1. The normalized spacial score (nSPS) is 18.8. The molecule has 0 aliphatic carbocycles. The van der Waals surface area contributed by atoms with Crippen molar-refractivity contribution in [1.29, 1.82) is 0 Å². The van der Waals surface area contributed by atoms with Gasteiger partial charge < -0.3 is 5.32 Å². The zero-order valence-corrected chi connectivity index (χ0v) is 19.5. The fourth-order valence-corrected chi connectivity index (χ4v) is 4.57.